The summed E-state index contributed by atoms with van der Waals surface area (Å²) in [4.78, 5) is 65.6. The number of carbonyl (C=O) groups is 5. The highest BCUT2D eigenvalue weighted by Gasteiger charge is 2.41. The van der Waals surface area contributed by atoms with E-state index in [1.807, 2.05) is 6.92 Å². The normalized spacial score (nSPS) is 17.4. The van der Waals surface area contributed by atoms with Gasteiger partial charge in [-0.15, -0.1) is 0 Å². The molecular weight excluding hydrogens is 535 g/mol. The van der Waals surface area contributed by atoms with E-state index in [1.54, 1.807) is 32.0 Å². The number of para-hydroxylation sites is 1. The second kappa shape index (κ2) is 11.9. The molecule has 216 valence electrons. The van der Waals surface area contributed by atoms with Crippen molar-refractivity contribution in [3.63, 3.8) is 0 Å². The molecule has 2 heterocycles. The van der Waals surface area contributed by atoms with Crippen LogP contribution in [0.25, 0.3) is 0 Å². The number of rotatable bonds is 7. The maximum atomic E-state index is 13.7. The van der Waals surface area contributed by atoms with Crippen LogP contribution in [0, 0.1) is 13.8 Å². The molecule has 0 aromatic heterocycles. The summed E-state index contributed by atoms with van der Waals surface area (Å²) in [7, 11) is -0.117. The average molecular weight is 566 g/mol. The van der Waals surface area contributed by atoms with Crippen LogP contribution in [0.3, 0.4) is 0 Å². The van der Waals surface area contributed by atoms with Crippen LogP contribution in [0.1, 0.15) is 45.6 Å². The fraction of sp³-hybridized carbons (Fsp3) is 0.370. The Labute approximate surface area is 236 Å². The minimum Gasteiger partial charge on any atom is -0.534 e. The van der Waals surface area contributed by atoms with Crippen molar-refractivity contribution in [2.75, 3.05) is 26.7 Å². The Hall–Kier alpha value is -4.59. The molecule has 41 heavy (non-hydrogen) atoms. The van der Waals surface area contributed by atoms with E-state index >= 15 is 0 Å². The van der Waals surface area contributed by atoms with Crippen LogP contribution < -0.4 is 20.0 Å². The Morgan fingerprint density at radius 1 is 1.17 bits per heavy atom. The van der Waals surface area contributed by atoms with Crippen molar-refractivity contribution in [2.24, 2.45) is 0 Å². The molecule has 1 saturated heterocycles. The van der Waals surface area contributed by atoms with Gasteiger partial charge in [-0.05, 0) is 61.6 Å². The lowest BCUT2D eigenvalue weighted by Crippen LogP contribution is -2.60. The number of likely N-dealkylation sites (N-methyl/N-ethyl adjacent to an activating group) is 1. The van der Waals surface area contributed by atoms with E-state index in [2.05, 4.69) is 10.6 Å². The number of aromatic carboxylic acids is 1. The summed E-state index contributed by atoms with van der Waals surface area (Å²) >= 11 is 0. The van der Waals surface area contributed by atoms with E-state index in [0.717, 1.165) is 16.0 Å². The maximum Gasteiger partial charge on any atom is 0.547 e. The number of benzene rings is 2. The van der Waals surface area contributed by atoms with Gasteiger partial charge in [0.25, 0.3) is 0 Å². The molecule has 4 N–H and O–H groups in total. The van der Waals surface area contributed by atoms with Gasteiger partial charge in [-0.25, -0.2) is 9.59 Å². The molecule has 13 nitrogen and oxygen atoms in total. The van der Waals surface area contributed by atoms with Crippen LogP contribution in [0.15, 0.2) is 30.3 Å². The summed E-state index contributed by atoms with van der Waals surface area (Å²) in [6.07, 6.45) is 0.0479. The van der Waals surface area contributed by atoms with Gasteiger partial charge >= 0.3 is 30.9 Å². The molecule has 5 amide bonds. The topological polar surface area (TPSA) is 175 Å². The zero-order valence-electron chi connectivity index (χ0n) is 23.1. The first-order chi connectivity index (χ1) is 19.5. The number of fused-ring (bicyclic) bond motifs is 1. The third-order valence-electron chi connectivity index (χ3n) is 7.34. The zero-order chi connectivity index (χ0) is 30.0. The Morgan fingerprint density at radius 3 is 2.56 bits per heavy atom. The second-order valence-corrected chi connectivity index (χ2v) is 9.82. The molecule has 2 aliphatic heterocycles. The SMILES string of the molecule is CCN1CCN(C(=O)NC(C(=O)N[C@H]2Cc3cccc(C(=O)O)c3OB2O)c2cc(C)c(C)c(OC)c2)C(=O)C1=O. The lowest BCUT2D eigenvalue weighted by Gasteiger charge is -2.33. The monoisotopic (exact) mass is 566 g/mol. The van der Waals surface area contributed by atoms with E-state index in [0.29, 0.717) is 23.4 Å². The summed E-state index contributed by atoms with van der Waals surface area (Å²) in [5.41, 5.74) is 2.26. The third kappa shape index (κ3) is 5.82. The molecule has 2 aliphatic rings. The number of piperazine rings is 1. The predicted octanol–water partition coefficient (Wildman–Crippen LogP) is 0.591. The smallest absolute Gasteiger partial charge is 0.534 e. The number of urea groups is 1. The number of nitrogens with zero attached hydrogens (tertiary/aromatic N) is 2. The standard InChI is InChI=1S/C27H31BN4O9/c1-5-31-9-10-32(25(35)24(31)34)27(38)30-21(17-11-14(2)15(3)19(12-17)40-4)23(33)29-20-13-16-7-6-8-18(26(36)37)22(16)41-28(20)39/h6-8,11-12,20-21,39H,5,9-10,13H2,1-4H3,(H,29,33)(H,30,38)(H,36,37)/t20-,21?/m0/s1. The number of nitrogens with one attached hydrogen (secondary N) is 2. The largest absolute Gasteiger partial charge is 0.547 e. The van der Waals surface area contributed by atoms with E-state index in [4.69, 9.17) is 9.39 Å². The first-order valence-corrected chi connectivity index (χ1v) is 13.0. The number of carbonyl (C=O) groups excluding carboxylic acids is 4. The number of aryl methyl sites for hydroxylation is 1. The van der Waals surface area contributed by atoms with Gasteiger partial charge in [0.2, 0.25) is 5.91 Å². The lowest BCUT2D eigenvalue weighted by atomic mass is 9.72. The van der Waals surface area contributed by atoms with Crippen LogP contribution >= 0.6 is 0 Å². The zero-order valence-corrected chi connectivity index (χ0v) is 23.1. The van der Waals surface area contributed by atoms with Gasteiger partial charge in [0, 0.05) is 19.6 Å². The van der Waals surface area contributed by atoms with Crippen molar-refractivity contribution in [2.45, 2.75) is 39.2 Å². The van der Waals surface area contributed by atoms with Gasteiger partial charge in [-0.3, -0.25) is 19.3 Å². The van der Waals surface area contributed by atoms with E-state index in [-0.39, 0.29) is 30.8 Å². The number of amides is 5. The van der Waals surface area contributed by atoms with Crippen LogP contribution in [-0.2, 0) is 20.8 Å². The molecular formula is C27H31BN4O9. The Balaban J connectivity index is 1.62. The number of hydrogen-bond acceptors (Lipinski definition) is 8. The van der Waals surface area contributed by atoms with Crippen LogP contribution in [-0.4, -0.2) is 89.5 Å². The minimum atomic E-state index is -1.58. The van der Waals surface area contributed by atoms with Gasteiger partial charge in [-0.2, -0.15) is 0 Å². The summed E-state index contributed by atoms with van der Waals surface area (Å²) < 4.78 is 10.9. The quantitative estimate of drug-likeness (QED) is 0.276. The highest BCUT2D eigenvalue weighted by Crippen LogP contribution is 2.31. The van der Waals surface area contributed by atoms with Gasteiger partial charge in [-0.1, -0.05) is 18.2 Å². The first-order valence-electron chi connectivity index (χ1n) is 13.0. The van der Waals surface area contributed by atoms with Crippen LogP contribution in [0.2, 0.25) is 0 Å². The number of methoxy groups -OCH3 is 1. The Kier molecular flexibility index (Phi) is 8.52. The number of carboxylic acid groups (broad SMARTS) is 1. The van der Waals surface area contributed by atoms with Gasteiger partial charge in [0.15, 0.2) is 0 Å². The molecule has 0 aliphatic carbocycles. The minimum absolute atomic E-state index is 0.0103. The first kappa shape index (κ1) is 29.4. The van der Waals surface area contributed by atoms with E-state index in [1.165, 1.54) is 24.1 Å². The summed E-state index contributed by atoms with van der Waals surface area (Å²) in [5.74, 6) is -4.31. The highest BCUT2D eigenvalue weighted by atomic mass is 16.5. The molecule has 4 rings (SSSR count). The molecule has 0 spiro atoms. The van der Waals surface area contributed by atoms with Crippen molar-refractivity contribution < 1.29 is 43.5 Å². The van der Waals surface area contributed by atoms with Crippen LogP contribution in [0.4, 0.5) is 4.79 Å². The van der Waals surface area contributed by atoms with Gasteiger partial charge < -0.3 is 35.1 Å². The number of hydrogen-bond donors (Lipinski definition) is 4. The molecule has 2 aromatic rings. The van der Waals surface area contributed by atoms with Crippen molar-refractivity contribution in [1.82, 2.24) is 20.4 Å². The summed E-state index contributed by atoms with van der Waals surface area (Å²) in [5, 5.41) is 25.3. The predicted molar refractivity (Wildman–Crippen MR) is 145 cm³/mol. The molecule has 2 atom stereocenters. The molecule has 14 heteroatoms. The van der Waals surface area contributed by atoms with Gasteiger partial charge in [0.1, 0.15) is 17.5 Å². The number of carboxylic acids is 1. The number of ether oxygens (including phenoxy) is 1. The van der Waals surface area contributed by atoms with E-state index < -0.39 is 48.8 Å². The molecule has 0 radical (unpaired) electrons. The fourth-order valence-corrected chi connectivity index (χ4v) is 4.89. The number of imide groups is 1. The van der Waals surface area contributed by atoms with Gasteiger partial charge in [0.05, 0.1) is 18.6 Å². The lowest BCUT2D eigenvalue weighted by molar-refractivity contribution is -0.153. The molecule has 2 aromatic carbocycles. The maximum absolute atomic E-state index is 13.7. The van der Waals surface area contributed by atoms with Crippen molar-refractivity contribution >= 4 is 36.8 Å². The average Bonchev–Trinajstić information content (AvgIpc) is 2.94. The molecule has 0 bridgehead atoms. The second-order valence-electron chi connectivity index (χ2n) is 9.82. The van der Waals surface area contributed by atoms with E-state index in [9.17, 15) is 34.1 Å². The third-order valence-corrected chi connectivity index (χ3v) is 7.34. The fourth-order valence-electron chi connectivity index (χ4n) is 4.89. The Morgan fingerprint density at radius 2 is 1.90 bits per heavy atom. The summed E-state index contributed by atoms with van der Waals surface area (Å²) in [6, 6.07) is 5.47. The van der Waals surface area contributed by atoms with Crippen molar-refractivity contribution in [3.05, 3.63) is 58.1 Å². The summed E-state index contributed by atoms with van der Waals surface area (Å²) in [6.45, 7) is 5.79. The molecule has 0 saturated carbocycles. The highest BCUT2D eigenvalue weighted by molar-refractivity contribution is 6.47. The molecule has 1 unspecified atom stereocenters. The Bertz CT molecular complexity index is 1420. The molecule has 1 fully saturated rings. The van der Waals surface area contributed by atoms with Crippen molar-refractivity contribution in [1.29, 1.82) is 0 Å². The van der Waals surface area contributed by atoms with Crippen molar-refractivity contribution in [3.8, 4) is 11.5 Å². The van der Waals surface area contributed by atoms with Crippen LogP contribution in [0.5, 0.6) is 11.5 Å².